The highest BCUT2D eigenvalue weighted by atomic mass is 16.5. The highest BCUT2D eigenvalue weighted by molar-refractivity contribution is 5.94. The Morgan fingerprint density at radius 3 is 2.56 bits per heavy atom. The number of anilines is 2. The van der Waals surface area contributed by atoms with Gasteiger partial charge in [0.2, 0.25) is 5.91 Å². The minimum atomic E-state index is -0.0865. The van der Waals surface area contributed by atoms with Gasteiger partial charge < -0.3 is 24.4 Å². The average molecular weight is 370 g/mol. The molecule has 1 heterocycles. The molecule has 0 aromatic heterocycles. The number of carbonyl (C=O) groups excluding carboxylic acids is 1. The van der Waals surface area contributed by atoms with E-state index in [9.17, 15) is 4.79 Å². The van der Waals surface area contributed by atoms with E-state index in [4.69, 9.17) is 14.2 Å². The summed E-state index contributed by atoms with van der Waals surface area (Å²) < 4.78 is 16.2. The lowest BCUT2D eigenvalue weighted by Gasteiger charge is -2.29. The maximum Gasteiger partial charge on any atom is 0.228 e. The molecule has 0 saturated carbocycles. The lowest BCUT2D eigenvalue weighted by Crippen LogP contribution is -2.36. The van der Waals surface area contributed by atoms with E-state index in [1.54, 1.807) is 7.11 Å². The summed E-state index contributed by atoms with van der Waals surface area (Å²) in [5.41, 5.74) is 2.66. The molecule has 1 saturated heterocycles. The minimum Gasteiger partial charge on any atom is -0.495 e. The number of nitrogens with zero attached hydrogens (tertiary/aromatic N) is 1. The van der Waals surface area contributed by atoms with Crippen molar-refractivity contribution < 1.29 is 19.0 Å². The standard InChI is InChI=1S/C21H26N2O4/c1-3-27-18-7-4-16(5-8-18)14-21(24)22-19-15-17(6-9-20(19)25-2)23-10-12-26-13-11-23/h4-9,15H,3,10-14H2,1-2H3,(H,22,24). The summed E-state index contributed by atoms with van der Waals surface area (Å²) in [6.45, 7) is 5.67. The van der Waals surface area contributed by atoms with E-state index in [0.29, 0.717) is 31.3 Å². The van der Waals surface area contributed by atoms with Gasteiger partial charge in [0.15, 0.2) is 0 Å². The fraction of sp³-hybridized carbons (Fsp3) is 0.381. The number of benzene rings is 2. The Kier molecular flexibility index (Phi) is 6.54. The zero-order chi connectivity index (χ0) is 19.1. The Morgan fingerprint density at radius 1 is 1.15 bits per heavy atom. The minimum absolute atomic E-state index is 0.0865. The molecule has 2 aromatic carbocycles. The van der Waals surface area contributed by atoms with E-state index >= 15 is 0 Å². The fourth-order valence-electron chi connectivity index (χ4n) is 3.06. The first kappa shape index (κ1) is 19.0. The number of methoxy groups -OCH3 is 1. The number of hydrogen-bond donors (Lipinski definition) is 1. The van der Waals surface area contributed by atoms with Crippen LogP contribution >= 0.6 is 0 Å². The van der Waals surface area contributed by atoms with Gasteiger partial charge in [-0.3, -0.25) is 4.79 Å². The predicted molar refractivity (Wildman–Crippen MR) is 106 cm³/mol. The number of nitrogens with one attached hydrogen (secondary N) is 1. The van der Waals surface area contributed by atoms with Gasteiger partial charge in [-0.2, -0.15) is 0 Å². The van der Waals surface area contributed by atoms with E-state index < -0.39 is 0 Å². The molecule has 0 unspecified atom stereocenters. The lowest BCUT2D eigenvalue weighted by molar-refractivity contribution is -0.115. The van der Waals surface area contributed by atoms with Crippen molar-refractivity contribution in [2.45, 2.75) is 13.3 Å². The van der Waals surface area contributed by atoms with Crippen LogP contribution in [0.15, 0.2) is 42.5 Å². The number of rotatable bonds is 7. The average Bonchev–Trinajstić information content (AvgIpc) is 2.70. The Hall–Kier alpha value is -2.73. The van der Waals surface area contributed by atoms with Gasteiger partial charge in [0.1, 0.15) is 11.5 Å². The smallest absolute Gasteiger partial charge is 0.228 e. The lowest BCUT2D eigenvalue weighted by atomic mass is 10.1. The number of carbonyl (C=O) groups is 1. The molecule has 144 valence electrons. The highest BCUT2D eigenvalue weighted by Crippen LogP contribution is 2.30. The van der Waals surface area contributed by atoms with E-state index in [0.717, 1.165) is 30.1 Å². The molecular weight excluding hydrogens is 344 g/mol. The molecule has 27 heavy (non-hydrogen) atoms. The summed E-state index contributed by atoms with van der Waals surface area (Å²) in [7, 11) is 1.60. The van der Waals surface area contributed by atoms with Crippen LogP contribution in [0.3, 0.4) is 0 Å². The van der Waals surface area contributed by atoms with Gasteiger partial charge in [0, 0.05) is 18.8 Å². The second kappa shape index (κ2) is 9.28. The summed E-state index contributed by atoms with van der Waals surface area (Å²) in [6, 6.07) is 13.4. The first-order chi connectivity index (χ1) is 13.2. The molecule has 1 amide bonds. The second-order valence-electron chi connectivity index (χ2n) is 6.29. The normalized spacial score (nSPS) is 13.9. The molecule has 6 heteroatoms. The largest absolute Gasteiger partial charge is 0.495 e. The third-order valence-electron chi connectivity index (χ3n) is 4.43. The quantitative estimate of drug-likeness (QED) is 0.812. The van der Waals surface area contributed by atoms with Crippen LogP contribution < -0.4 is 19.7 Å². The Labute approximate surface area is 160 Å². The molecule has 0 bridgehead atoms. The highest BCUT2D eigenvalue weighted by Gasteiger charge is 2.15. The van der Waals surface area contributed by atoms with Crippen LogP contribution in [0.4, 0.5) is 11.4 Å². The van der Waals surface area contributed by atoms with Crippen LogP contribution in [0.5, 0.6) is 11.5 Å². The molecule has 0 aliphatic carbocycles. The Balaban J connectivity index is 1.68. The van der Waals surface area contributed by atoms with Crippen molar-refractivity contribution in [2.24, 2.45) is 0 Å². The Morgan fingerprint density at radius 2 is 1.89 bits per heavy atom. The van der Waals surface area contributed by atoms with Crippen molar-refractivity contribution in [3.8, 4) is 11.5 Å². The van der Waals surface area contributed by atoms with E-state index in [1.807, 2.05) is 49.4 Å². The molecule has 1 aliphatic rings. The van der Waals surface area contributed by atoms with Crippen molar-refractivity contribution in [1.29, 1.82) is 0 Å². The van der Waals surface area contributed by atoms with Crippen LogP contribution in [-0.2, 0) is 16.0 Å². The number of amides is 1. The van der Waals surface area contributed by atoms with Crippen LogP contribution in [0, 0.1) is 0 Å². The molecule has 1 aliphatic heterocycles. The van der Waals surface area contributed by atoms with E-state index in [-0.39, 0.29) is 12.3 Å². The fourth-order valence-corrected chi connectivity index (χ4v) is 3.06. The van der Waals surface area contributed by atoms with Gasteiger partial charge >= 0.3 is 0 Å². The second-order valence-corrected chi connectivity index (χ2v) is 6.29. The van der Waals surface area contributed by atoms with Crippen molar-refractivity contribution in [1.82, 2.24) is 0 Å². The van der Waals surface area contributed by atoms with Crippen LogP contribution in [0.2, 0.25) is 0 Å². The van der Waals surface area contributed by atoms with E-state index in [2.05, 4.69) is 10.2 Å². The maximum absolute atomic E-state index is 12.5. The van der Waals surface area contributed by atoms with Crippen molar-refractivity contribution in [3.05, 3.63) is 48.0 Å². The van der Waals surface area contributed by atoms with Gasteiger partial charge in [-0.1, -0.05) is 12.1 Å². The topological polar surface area (TPSA) is 60.0 Å². The summed E-state index contributed by atoms with van der Waals surface area (Å²) in [5, 5.41) is 2.98. The van der Waals surface area contributed by atoms with Crippen molar-refractivity contribution >= 4 is 17.3 Å². The predicted octanol–water partition coefficient (Wildman–Crippen LogP) is 3.11. The zero-order valence-corrected chi connectivity index (χ0v) is 15.9. The first-order valence-electron chi connectivity index (χ1n) is 9.22. The first-order valence-corrected chi connectivity index (χ1v) is 9.22. The summed E-state index contributed by atoms with van der Waals surface area (Å²) in [6.07, 6.45) is 0.289. The number of morpholine rings is 1. The number of hydrogen-bond acceptors (Lipinski definition) is 5. The molecule has 1 fully saturated rings. The third-order valence-corrected chi connectivity index (χ3v) is 4.43. The molecule has 0 atom stereocenters. The SMILES string of the molecule is CCOc1ccc(CC(=O)Nc2cc(N3CCOCC3)ccc2OC)cc1. The molecule has 2 aromatic rings. The molecule has 3 rings (SSSR count). The summed E-state index contributed by atoms with van der Waals surface area (Å²) >= 11 is 0. The van der Waals surface area contributed by atoms with Gasteiger partial charge in [-0.05, 0) is 42.8 Å². The van der Waals surface area contributed by atoms with Gasteiger partial charge in [-0.15, -0.1) is 0 Å². The third kappa shape index (κ3) is 5.14. The monoisotopic (exact) mass is 370 g/mol. The Bertz CT molecular complexity index is 755. The van der Waals surface area contributed by atoms with Crippen LogP contribution in [0.25, 0.3) is 0 Å². The van der Waals surface area contributed by atoms with Crippen LogP contribution in [-0.4, -0.2) is 45.9 Å². The maximum atomic E-state index is 12.5. The number of ether oxygens (including phenoxy) is 3. The molecule has 0 spiro atoms. The van der Waals surface area contributed by atoms with Crippen molar-refractivity contribution in [3.63, 3.8) is 0 Å². The molecular formula is C21H26N2O4. The zero-order valence-electron chi connectivity index (χ0n) is 15.9. The molecule has 0 radical (unpaired) electrons. The van der Waals surface area contributed by atoms with Crippen LogP contribution in [0.1, 0.15) is 12.5 Å². The van der Waals surface area contributed by atoms with Gasteiger partial charge in [0.05, 0.1) is 39.0 Å². The molecule has 6 nitrogen and oxygen atoms in total. The van der Waals surface area contributed by atoms with Gasteiger partial charge in [-0.25, -0.2) is 0 Å². The van der Waals surface area contributed by atoms with E-state index in [1.165, 1.54) is 0 Å². The summed E-state index contributed by atoms with van der Waals surface area (Å²) in [5.74, 6) is 1.37. The summed E-state index contributed by atoms with van der Waals surface area (Å²) in [4.78, 5) is 14.8. The van der Waals surface area contributed by atoms with Gasteiger partial charge in [0.25, 0.3) is 0 Å². The van der Waals surface area contributed by atoms with Crippen molar-refractivity contribution in [2.75, 3.05) is 50.2 Å². The molecule has 1 N–H and O–H groups in total.